The lowest BCUT2D eigenvalue weighted by molar-refractivity contribution is 0.114. The van der Waals surface area contributed by atoms with Crippen LogP contribution in [0.2, 0.25) is 0 Å². The first-order chi connectivity index (χ1) is 8.03. The second-order valence-electron chi connectivity index (χ2n) is 5.43. The molecular formula is C12H24N2O2S. The summed E-state index contributed by atoms with van der Waals surface area (Å²) in [5, 5.41) is 0. The average molecular weight is 260 g/mol. The quantitative estimate of drug-likeness (QED) is 0.814. The average Bonchev–Trinajstić information content (AvgIpc) is 2.55. The van der Waals surface area contributed by atoms with Crippen LogP contribution in [0.25, 0.3) is 0 Å². The van der Waals surface area contributed by atoms with Crippen molar-refractivity contribution in [1.82, 2.24) is 4.90 Å². The van der Waals surface area contributed by atoms with Crippen LogP contribution in [0.1, 0.15) is 39.0 Å². The van der Waals surface area contributed by atoms with Crippen LogP contribution in [-0.2, 0) is 9.84 Å². The number of nitrogens with two attached hydrogens (primary N) is 1. The van der Waals surface area contributed by atoms with Gasteiger partial charge in [-0.05, 0) is 19.4 Å². The van der Waals surface area contributed by atoms with E-state index in [1.165, 1.54) is 32.1 Å². The summed E-state index contributed by atoms with van der Waals surface area (Å²) >= 11 is 0. The van der Waals surface area contributed by atoms with Crippen LogP contribution < -0.4 is 5.73 Å². The fourth-order valence-electron chi connectivity index (χ4n) is 3.37. The van der Waals surface area contributed by atoms with Crippen molar-refractivity contribution in [3.8, 4) is 0 Å². The first kappa shape index (κ1) is 13.3. The maximum atomic E-state index is 11.6. The molecule has 4 nitrogen and oxygen atoms in total. The molecule has 2 aliphatic rings. The molecule has 0 aromatic rings. The van der Waals surface area contributed by atoms with Crippen molar-refractivity contribution in [3.05, 3.63) is 0 Å². The summed E-state index contributed by atoms with van der Waals surface area (Å²) < 4.78 is 23.3. The molecule has 0 radical (unpaired) electrons. The van der Waals surface area contributed by atoms with E-state index in [0.29, 0.717) is 6.04 Å². The van der Waals surface area contributed by atoms with E-state index in [2.05, 4.69) is 11.8 Å². The second-order valence-corrected chi connectivity index (χ2v) is 7.58. The second kappa shape index (κ2) is 5.24. The number of hydrogen-bond acceptors (Lipinski definition) is 4. The van der Waals surface area contributed by atoms with Crippen molar-refractivity contribution in [2.45, 2.75) is 57.2 Å². The third-order valence-corrected chi connectivity index (χ3v) is 5.94. The van der Waals surface area contributed by atoms with Crippen LogP contribution in [0.5, 0.6) is 0 Å². The Morgan fingerprint density at radius 1 is 1.18 bits per heavy atom. The summed E-state index contributed by atoms with van der Waals surface area (Å²) in [4.78, 5) is 2.36. The molecule has 0 spiro atoms. The van der Waals surface area contributed by atoms with Gasteiger partial charge in [0.25, 0.3) is 0 Å². The zero-order valence-electron chi connectivity index (χ0n) is 10.6. The molecule has 1 aliphatic carbocycles. The molecule has 0 bridgehead atoms. The van der Waals surface area contributed by atoms with Crippen molar-refractivity contribution in [3.63, 3.8) is 0 Å². The van der Waals surface area contributed by atoms with Crippen LogP contribution in [0, 0.1) is 0 Å². The van der Waals surface area contributed by atoms with Gasteiger partial charge in [0.1, 0.15) is 0 Å². The largest absolute Gasteiger partial charge is 0.325 e. The van der Waals surface area contributed by atoms with E-state index in [-0.39, 0.29) is 23.6 Å². The van der Waals surface area contributed by atoms with Crippen LogP contribution in [0.3, 0.4) is 0 Å². The Balaban J connectivity index is 2.07. The SMILES string of the molecule is CCN(C1CCCCC1)C1CS(=O)(=O)CC1N. The molecule has 2 fully saturated rings. The van der Waals surface area contributed by atoms with Crippen LogP contribution in [0.15, 0.2) is 0 Å². The Morgan fingerprint density at radius 3 is 2.29 bits per heavy atom. The Labute approximate surface area is 104 Å². The third-order valence-electron chi connectivity index (χ3n) is 4.20. The Kier molecular flexibility index (Phi) is 4.10. The predicted molar refractivity (Wildman–Crippen MR) is 69.7 cm³/mol. The molecule has 2 N–H and O–H groups in total. The Hall–Kier alpha value is -0.130. The number of rotatable bonds is 3. The van der Waals surface area contributed by atoms with Gasteiger partial charge < -0.3 is 5.73 Å². The minimum Gasteiger partial charge on any atom is -0.325 e. The molecule has 17 heavy (non-hydrogen) atoms. The van der Waals surface area contributed by atoms with Gasteiger partial charge in [0.2, 0.25) is 0 Å². The summed E-state index contributed by atoms with van der Waals surface area (Å²) in [5.41, 5.74) is 6.02. The third kappa shape index (κ3) is 3.01. The minimum absolute atomic E-state index is 0.0492. The normalized spacial score (nSPS) is 34.3. The molecular weight excluding hydrogens is 236 g/mol. The zero-order valence-corrected chi connectivity index (χ0v) is 11.5. The van der Waals surface area contributed by atoms with Gasteiger partial charge in [-0.15, -0.1) is 0 Å². The minimum atomic E-state index is -2.91. The van der Waals surface area contributed by atoms with Gasteiger partial charge in [0.15, 0.2) is 9.84 Å². The van der Waals surface area contributed by atoms with Crippen molar-refractivity contribution >= 4 is 9.84 Å². The molecule has 2 unspecified atom stereocenters. The predicted octanol–water partition coefficient (Wildman–Crippen LogP) is 0.765. The molecule has 0 amide bonds. The van der Waals surface area contributed by atoms with Gasteiger partial charge in [0, 0.05) is 18.1 Å². The molecule has 5 heteroatoms. The Bertz CT molecular complexity index is 350. The van der Waals surface area contributed by atoms with Crippen molar-refractivity contribution in [1.29, 1.82) is 0 Å². The fourth-order valence-corrected chi connectivity index (χ4v) is 5.28. The summed E-state index contributed by atoms with van der Waals surface area (Å²) in [6.45, 7) is 3.03. The molecule has 1 saturated carbocycles. The van der Waals surface area contributed by atoms with Gasteiger partial charge in [0.05, 0.1) is 11.5 Å². The topological polar surface area (TPSA) is 63.4 Å². The van der Waals surface area contributed by atoms with Gasteiger partial charge >= 0.3 is 0 Å². The Morgan fingerprint density at radius 2 is 1.82 bits per heavy atom. The van der Waals surface area contributed by atoms with E-state index < -0.39 is 9.84 Å². The van der Waals surface area contributed by atoms with Gasteiger partial charge in [-0.2, -0.15) is 0 Å². The summed E-state index contributed by atoms with van der Waals surface area (Å²) in [7, 11) is -2.91. The highest BCUT2D eigenvalue weighted by molar-refractivity contribution is 7.91. The van der Waals surface area contributed by atoms with Crippen LogP contribution in [0.4, 0.5) is 0 Å². The smallest absolute Gasteiger partial charge is 0.153 e. The van der Waals surface area contributed by atoms with Crippen molar-refractivity contribution in [2.75, 3.05) is 18.1 Å². The lowest BCUT2D eigenvalue weighted by Gasteiger charge is -2.38. The van der Waals surface area contributed by atoms with Crippen molar-refractivity contribution < 1.29 is 8.42 Å². The maximum Gasteiger partial charge on any atom is 0.153 e. The first-order valence-corrected chi connectivity index (χ1v) is 8.57. The van der Waals surface area contributed by atoms with Gasteiger partial charge in [-0.25, -0.2) is 8.42 Å². The van der Waals surface area contributed by atoms with Crippen LogP contribution in [-0.4, -0.2) is 49.5 Å². The molecule has 1 aliphatic heterocycles. The molecule has 2 atom stereocenters. The van der Waals surface area contributed by atoms with Crippen LogP contribution >= 0.6 is 0 Å². The lowest BCUT2D eigenvalue weighted by atomic mass is 9.92. The highest BCUT2D eigenvalue weighted by Gasteiger charge is 2.40. The number of nitrogens with zero attached hydrogens (tertiary/aromatic N) is 1. The lowest BCUT2D eigenvalue weighted by Crippen LogP contribution is -2.52. The maximum absolute atomic E-state index is 11.6. The highest BCUT2D eigenvalue weighted by atomic mass is 32.2. The van der Waals surface area contributed by atoms with E-state index in [1.807, 2.05) is 0 Å². The number of likely N-dealkylation sites (N-methyl/N-ethyl adjacent to an activating group) is 1. The summed E-state index contributed by atoms with van der Waals surface area (Å²) in [6.07, 6.45) is 6.28. The van der Waals surface area contributed by atoms with Gasteiger partial charge in [-0.1, -0.05) is 26.2 Å². The molecule has 2 rings (SSSR count). The monoisotopic (exact) mass is 260 g/mol. The summed E-state index contributed by atoms with van der Waals surface area (Å²) in [5.74, 6) is 0.430. The molecule has 1 saturated heterocycles. The van der Waals surface area contributed by atoms with E-state index in [4.69, 9.17) is 5.73 Å². The van der Waals surface area contributed by atoms with E-state index in [0.717, 1.165) is 6.54 Å². The fraction of sp³-hybridized carbons (Fsp3) is 1.00. The zero-order chi connectivity index (χ0) is 12.5. The molecule has 1 heterocycles. The highest BCUT2D eigenvalue weighted by Crippen LogP contribution is 2.27. The standard InChI is InChI=1S/C12H24N2O2S/c1-2-14(10-6-4-3-5-7-10)12-9-17(15,16)8-11(12)13/h10-12H,2-9,13H2,1H3. The molecule has 0 aromatic carbocycles. The first-order valence-electron chi connectivity index (χ1n) is 6.75. The van der Waals surface area contributed by atoms with E-state index >= 15 is 0 Å². The van der Waals surface area contributed by atoms with Gasteiger partial charge in [-0.3, -0.25) is 4.90 Å². The number of sulfone groups is 1. The van der Waals surface area contributed by atoms with E-state index in [1.54, 1.807) is 0 Å². The van der Waals surface area contributed by atoms with E-state index in [9.17, 15) is 8.42 Å². The molecule has 0 aromatic heterocycles. The van der Waals surface area contributed by atoms with Crippen molar-refractivity contribution in [2.24, 2.45) is 5.73 Å². The summed E-state index contributed by atoms with van der Waals surface area (Å²) in [6, 6.07) is 0.410. The molecule has 100 valence electrons. The number of hydrogen-bond donors (Lipinski definition) is 1.